The number of ether oxygens (including phenoxy) is 2. The summed E-state index contributed by atoms with van der Waals surface area (Å²) in [6, 6.07) is 23.0. The van der Waals surface area contributed by atoms with E-state index in [4.69, 9.17) is 9.47 Å². The summed E-state index contributed by atoms with van der Waals surface area (Å²) in [7, 11) is 0. The van der Waals surface area contributed by atoms with Gasteiger partial charge in [0.15, 0.2) is 11.5 Å². The van der Waals surface area contributed by atoms with Gasteiger partial charge in [0.2, 0.25) is 12.7 Å². The van der Waals surface area contributed by atoms with Crippen molar-refractivity contribution in [1.29, 1.82) is 0 Å². The molecule has 0 bridgehead atoms. The molecule has 3 aliphatic heterocycles. The van der Waals surface area contributed by atoms with Crippen molar-refractivity contribution in [2.24, 2.45) is 0 Å². The largest absolute Gasteiger partial charge is 0.454 e. The number of nitrogens with zero attached hydrogens (tertiary/aromatic N) is 2. The molecule has 0 unspecified atom stereocenters. The monoisotopic (exact) mass is 456 g/mol. The zero-order chi connectivity index (χ0) is 23.2. The van der Waals surface area contributed by atoms with Crippen LogP contribution in [0.5, 0.6) is 11.5 Å². The second kappa shape index (κ2) is 8.18. The molecule has 7 nitrogen and oxygen atoms in total. The van der Waals surface area contributed by atoms with Crippen LogP contribution in [0.15, 0.2) is 72.8 Å². The molecule has 6 rings (SSSR count). The number of rotatable bonds is 4. The SMILES string of the molecule is O=C(c1ccc2c(c1)OCO2)N1CC(=O)N2[C@H](CO)[C@@H](c3ccc(-c4ccccc4)cc3)[C@H]2C1. The van der Waals surface area contributed by atoms with Crippen LogP contribution in [0.3, 0.4) is 0 Å². The normalized spacial score (nSPS) is 22.9. The second-order valence-corrected chi connectivity index (χ2v) is 8.89. The number of hydrogen-bond acceptors (Lipinski definition) is 5. The lowest BCUT2D eigenvalue weighted by Crippen LogP contribution is -2.73. The molecule has 3 aromatic rings. The van der Waals surface area contributed by atoms with Gasteiger partial charge in [-0.1, -0.05) is 54.6 Å². The average molecular weight is 456 g/mol. The third-order valence-electron chi connectivity index (χ3n) is 7.06. The third kappa shape index (κ3) is 3.31. The van der Waals surface area contributed by atoms with Gasteiger partial charge in [-0.25, -0.2) is 0 Å². The molecule has 1 N–H and O–H groups in total. The molecule has 0 radical (unpaired) electrons. The molecular weight excluding hydrogens is 432 g/mol. The van der Waals surface area contributed by atoms with Crippen molar-refractivity contribution in [2.45, 2.75) is 18.0 Å². The fraction of sp³-hybridized carbons (Fsp3) is 0.259. The van der Waals surface area contributed by atoms with Gasteiger partial charge in [-0.2, -0.15) is 0 Å². The van der Waals surface area contributed by atoms with Crippen molar-refractivity contribution in [3.8, 4) is 22.6 Å². The summed E-state index contributed by atoms with van der Waals surface area (Å²) in [6.45, 7) is 0.448. The highest BCUT2D eigenvalue weighted by Crippen LogP contribution is 2.43. The summed E-state index contributed by atoms with van der Waals surface area (Å²) in [5, 5.41) is 10.0. The van der Waals surface area contributed by atoms with E-state index in [1.807, 2.05) is 18.2 Å². The number of carbonyl (C=O) groups excluding carboxylic acids is 2. The lowest BCUT2D eigenvalue weighted by molar-refractivity contribution is -0.159. The first-order chi connectivity index (χ1) is 16.6. The summed E-state index contributed by atoms with van der Waals surface area (Å²) in [4.78, 5) is 29.5. The predicted molar refractivity (Wildman–Crippen MR) is 125 cm³/mol. The van der Waals surface area contributed by atoms with Gasteiger partial charge in [0, 0.05) is 18.0 Å². The highest BCUT2D eigenvalue weighted by Gasteiger charge is 2.54. The summed E-state index contributed by atoms with van der Waals surface area (Å²) in [6.07, 6.45) is 0. The molecule has 2 fully saturated rings. The molecule has 172 valence electrons. The lowest BCUT2D eigenvalue weighted by Gasteiger charge is -2.58. The van der Waals surface area contributed by atoms with E-state index in [9.17, 15) is 14.7 Å². The highest BCUT2D eigenvalue weighted by molar-refractivity contribution is 5.98. The number of aliphatic hydroxyl groups is 1. The van der Waals surface area contributed by atoms with E-state index in [0.29, 0.717) is 23.6 Å². The lowest BCUT2D eigenvalue weighted by atomic mass is 9.73. The Hall–Kier alpha value is -3.84. The molecule has 3 aliphatic rings. The predicted octanol–water partition coefficient (Wildman–Crippen LogP) is 2.89. The molecule has 2 saturated heterocycles. The number of amides is 2. The summed E-state index contributed by atoms with van der Waals surface area (Å²) < 4.78 is 10.7. The smallest absolute Gasteiger partial charge is 0.254 e. The van der Waals surface area contributed by atoms with Crippen molar-refractivity contribution >= 4 is 11.8 Å². The zero-order valence-corrected chi connectivity index (χ0v) is 18.5. The number of hydrogen-bond donors (Lipinski definition) is 1. The van der Waals surface area contributed by atoms with Gasteiger partial charge >= 0.3 is 0 Å². The molecule has 0 aliphatic carbocycles. The maximum atomic E-state index is 13.2. The van der Waals surface area contributed by atoms with Crippen LogP contribution in [-0.2, 0) is 4.79 Å². The Labute approximate surface area is 197 Å². The van der Waals surface area contributed by atoms with Gasteiger partial charge in [-0.15, -0.1) is 0 Å². The number of benzene rings is 3. The Balaban J connectivity index is 1.24. The minimum Gasteiger partial charge on any atom is -0.454 e. The Morgan fingerprint density at radius 1 is 0.941 bits per heavy atom. The van der Waals surface area contributed by atoms with E-state index >= 15 is 0 Å². The van der Waals surface area contributed by atoms with E-state index in [0.717, 1.165) is 16.7 Å². The molecule has 0 aromatic heterocycles. The van der Waals surface area contributed by atoms with Crippen LogP contribution in [0.1, 0.15) is 21.8 Å². The number of fused-ring (bicyclic) bond motifs is 2. The van der Waals surface area contributed by atoms with Crippen molar-refractivity contribution in [2.75, 3.05) is 26.5 Å². The fourth-order valence-electron chi connectivity index (χ4n) is 5.39. The third-order valence-corrected chi connectivity index (χ3v) is 7.06. The van der Waals surface area contributed by atoms with Crippen LogP contribution in [-0.4, -0.2) is 65.3 Å². The Kier molecular flexibility index (Phi) is 4.99. The van der Waals surface area contributed by atoms with Gasteiger partial charge < -0.3 is 24.4 Å². The van der Waals surface area contributed by atoms with Crippen LogP contribution < -0.4 is 9.47 Å². The standard InChI is InChI=1S/C27H24N2O5/c30-15-22-26(19-8-6-18(7-9-19)17-4-2-1-3-5-17)21-13-28(14-25(31)29(21)22)27(32)20-10-11-23-24(12-20)34-16-33-23/h1-12,21-22,26,30H,13-16H2/t21-,22-,26+/m1/s1. The Morgan fingerprint density at radius 2 is 1.68 bits per heavy atom. The highest BCUT2D eigenvalue weighted by atomic mass is 16.7. The van der Waals surface area contributed by atoms with Crippen LogP contribution in [0, 0.1) is 0 Å². The number of piperazine rings is 1. The summed E-state index contributed by atoms with van der Waals surface area (Å²) >= 11 is 0. The summed E-state index contributed by atoms with van der Waals surface area (Å²) in [5.74, 6) is 0.766. The molecule has 3 aromatic carbocycles. The molecular formula is C27H24N2O5. The van der Waals surface area contributed by atoms with Gasteiger partial charge in [0.1, 0.15) is 6.54 Å². The molecule has 2 amide bonds. The molecule has 34 heavy (non-hydrogen) atoms. The van der Waals surface area contributed by atoms with E-state index < -0.39 is 0 Å². The van der Waals surface area contributed by atoms with Crippen molar-refractivity contribution < 1.29 is 24.2 Å². The first-order valence-electron chi connectivity index (χ1n) is 11.4. The molecule has 0 saturated carbocycles. The van der Waals surface area contributed by atoms with Crippen LogP contribution >= 0.6 is 0 Å². The minimum atomic E-state index is -0.275. The van der Waals surface area contributed by atoms with Crippen molar-refractivity contribution in [3.05, 3.63) is 83.9 Å². The second-order valence-electron chi connectivity index (χ2n) is 8.89. The van der Waals surface area contributed by atoms with Gasteiger partial charge in [0.05, 0.1) is 18.7 Å². The van der Waals surface area contributed by atoms with Crippen LogP contribution in [0.4, 0.5) is 0 Å². The first kappa shape index (κ1) is 20.7. The topological polar surface area (TPSA) is 79.3 Å². The van der Waals surface area contributed by atoms with E-state index in [2.05, 4.69) is 36.4 Å². The Bertz CT molecular complexity index is 1240. The fourth-order valence-corrected chi connectivity index (χ4v) is 5.39. The van der Waals surface area contributed by atoms with Gasteiger partial charge in [0.25, 0.3) is 5.91 Å². The van der Waals surface area contributed by atoms with E-state index in [1.165, 1.54) is 0 Å². The van der Waals surface area contributed by atoms with Crippen molar-refractivity contribution in [3.63, 3.8) is 0 Å². The molecule has 7 heteroatoms. The number of aliphatic hydroxyl groups excluding tert-OH is 1. The molecule has 3 atom stereocenters. The first-order valence-corrected chi connectivity index (χ1v) is 11.4. The maximum absolute atomic E-state index is 13.2. The van der Waals surface area contributed by atoms with Crippen molar-refractivity contribution in [1.82, 2.24) is 9.80 Å². The Morgan fingerprint density at radius 3 is 2.44 bits per heavy atom. The molecule has 0 spiro atoms. The zero-order valence-electron chi connectivity index (χ0n) is 18.5. The van der Waals surface area contributed by atoms with E-state index in [1.54, 1.807) is 28.0 Å². The van der Waals surface area contributed by atoms with Crippen LogP contribution in [0.25, 0.3) is 11.1 Å². The van der Waals surface area contributed by atoms with Gasteiger partial charge in [-0.3, -0.25) is 9.59 Å². The quantitative estimate of drug-likeness (QED) is 0.653. The average Bonchev–Trinajstić information content (AvgIpc) is 3.34. The maximum Gasteiger partial charge on any atom is 0.254 e. The van der Waals surface area contributed by atoms with Crippen LogP contribution in [0.2, 0.25) is 0 Å². The minimum absolute atomic E-state index is 0.0000593. The van der Waals surface area contributed by atoms with E-state index in [-0.39, 0.29) is 49.8 Å². The van der Waals surface area contributed by atoms with Gasteiger partial charge in [-0.05, 0) is 34.9 Å². The summed E-state index contributed by atoms with van der Waals surface area (Å²) in [5.41, 5.74) is 3.77. The molecule has 3 heterocycles. The number of carbonyl (C=O) groups is 2.